The second kappa shape index (κ2) is 7.88. The van der Waals surface area contributed by atoms with Crippen molar-refractivity contribution in [2.24, 2.45) is 0 Å². The second-order valence-electron chi connectivity index (χ2n) is 7.10. The van der Waals surface area contributed by atoms with Crippen LogP contribution in [-0.2, 0) is 6.42 Å². The van der Waals surface area contributed by atoms with Gasteiger partial charge in [-0.1, -0.05) is 12.1 Å². The SMILES string of the molecule is Cc1cnc(C(=O)N2CCC[C@@H](c3ncc(Cc4cccc(F)c4)o3)C2)cn1. The van der Waals surface area contributed by atoms with Crippen LogP contribution in [0.15, 0.2) is 47.3 Å². The molecule has 144 valence electrons. The molecule has 28 heavy (non-hydrogen) atoms. The van der Waals surface area contributed by atoms with Crippen LogP contribution in [0.5, 0.6) is 0 Å². The van der Waals surface area contributed by atoms with Gasteiger partial charge in [0.25, 0.3) is 5.91 Å². The number of nitrogens with zero attached hydrogens (tertiary/aromatic N) is 4. The lowest BCUT2D eigenvalue weighted by molar-refractivity contribution is 0.0691. The molecule has 2 aromatic heterocycles. The van der Waals surface area contributed by atoms with Gasteiger partial charge in [-0.2, -0.15) is 0 Å². The van der Waals surface area contributed by atoms with Crippen molar-refractivity contribution < 1.29 is 13.6 Å². The van der Waals surface area contributed by atoms with Crippen LogP contribution in [0.3, 0.4) is 0 Å². The summed E-state index contributed by atoms with van der Waals surface area (Å²) in [4.78, 5) is 27.2. The van der Waals surface area contributed by atoms with Crippen molar-refractivity contribution in [3.63, 3.8) is 0 Å². The van der Waals surface area contributed by atoms with Gasteiger partial charge in [0.1, 0.15) is 17.3 Å². The molecule has 0 saturated carbocycles. The molecule has 0 N–H and O–H groups in total. The molecular weight excluding hydrogens is 359 g/mol. The molecule has 0 radical (unpaired) electrons. The molecule has 1 aliphatic rings. The number of carbonyl (C=O) groups is 1. The number of carbonyl (C=O) groups excluding carboxylic acids is 1. The minimum atomic E-state index is -0.266. The maximum atomic E-state index is 13.4. The van der Waals surface area contributed by atoms with Crippen molar-refractivity contribution in [1.82, 2.24) is 19.9 Å². The molecule has 1 saturated heterocycles. The second-order valence-corrected chi connectivity index (χ2v) is 7.10. The lowest BCUT2D eigenvalue weighted by Crippen LogP contribution is -2.39. The van der Waals surface area contributed by atoms with Gasteiger partial charge in [0.15, 0.2) is 5.89 Å². The van der Waals surface area contributed by atoms with Gasteiger partial charge in [-0.15, -0.1) is 0 Å². The van der Waals surface area contributed by atoms with E-state index in [9.17, 15) is 9.18 Å². The molecular formula is C21H21FN4O2. The Bertz CT molecular complexity index is 971. The summed E-state index contributed by atoms with van der Waals surface area (Å²) >= 11 is 0. The number of hydrogen-bond donors (Lipinski definition) is 0. The molecule has 4 rings (SSSR count). The van der Waals surface area contributed by atoms with Crippen molar-refractivity contribution in [3.8, 4) is 0 Å². The van der Waals surface area contributed by atoms with E-state index >= 15 is 0 Å². The predicted molar refractivity (Wildman–Crippen MR) is 100 cm³/mol. The Morgan fingerprint density at radius 3 is 2.93 bits per heavy atom. The first kappa shape index (κ1) is 18.3. The molecule has 0 spiro atoms. The lowest BCUT2D eigenvalue weighted by atomic mass is 9.98. The van der Waals surface area contributed by atoms with Crippen LogP contribution in [0.1, 0.15) is 52.2 Å². The molecule has 0 aliphatic carbocycles. The Morgan fingerprint density at radius 1 is 1.25 bits per heavy atom. The fraction of sp³-hybridized carbons (Fsp3) is 0.333. The highest BCUT2D eigenvalue weighted by molar-refractivity contribution is 5.92. The largest absolute Gasteiger partial charge is 0.445 e. The zero-order chi connectivity index (χ0) is 19.5. The summed E-state index contributed by atoms with van der Waals surface area (Å²) in [5, 5.41) is 0. The van der Waals surface area contributed by atoms with E-state index in [1.807, 2.05) is 13.0 Å². The standard InChI is InChI=1S/C21H21FN4O2/c1-14-10-24-19(12-23-14)21(27)26-7-3-5-16(13-26)20-25-11-18(28-20)9-15-4-2-6-17(22)8-15/h2,4,6,8,10-12,16H,3,5,7,9,13H2,1H3/t16-/m1/s1. The Balaban J connectivity index is 1.44. The molecule has 1 atom stereocenters. The first-order chi connectivity index (χ1) is 13.6. The third-order valence-corrected chi connectivity index (χ3v) is 4.90. The monoisotopic (exact) mass is 380 g/mol. The molecule has 7 heteroatoms. The van der Waals surface area contributed by atoms with E-state index in [0.717, 1.165) is 24.1 Å². The normalized spacial score (nSPS) is 16.9. The van der Waals surface area contributed by atoms with E-state index < -0.39 is 0 Å². The minimum Gasteiger partial charge on any atom is -0.445 e. The quantitative estimate of drug-likeness (QED) is 0.692. The fourth-order valence-corrected chi connectivity index (χ4v) is 3.47. The van der Waals surface area contributed by atoms with Crippen molar-refractivity contribution >= 4 is 5.91 Å². The number of oxazole rings is 1. The van der Waals surface area contributed by atoms with Crippen LogP contribution in [0.2, 0.25) is 0 Å². The van der Waals surface area contributed by atoms with Crippen LogP contribution in [0.4, 0.5) is 4.39 Å². The smallest absolute Gasteiger partial charge is 0.274 e. The Morgan fingerprint density at radius 2 is 2.14 bits per heavy atom. The Kier molecular flexibility index (Phi) is 5.14. The Labute approximate surface area is 162 Å². The van der Waals surface area contributed by atoms with Gasteiger partial charge in [0.05, 0.1) is 24.0 Å². The summed E-state index contributed by atoms with van der Waals surface area (Å²) in [6.45, 7) is 3.05. The minimum absolute atomic E-state index is 0.0392. The van der Waals surface area contributed by atoms with Crippen LogP contribution < -0.4 is 0 Å². The average molecular weight is 380 g/mol. The van der Waals surface area contributed by atoms with Crippen molar-refractivity contribution in [2.45, 2.75) is 32.1 Å². The van der Waals surface area contributed by atoms with Gasteiger partial charge in [-0.05, 0) is 37.5 Å². The molecule has 1 fully saturated rings. The first-order valence-electron chi connectivity index (χ1n) is 9.35. The summed E-state index contributed by atoms with van der Waals surface area (Å²) in [6.07, 6.45) is 7.07. The summed E-state index contributed by atoms with van der Waals surface area (Å²) in [5.41, 5.74) is 1.96. The topological polar surface area (TPSA) is 72.1 Å². The number of amides is 1. The predicted octanol–water partition coefficient (Wildman–Crippen LogP) is 3.52. The summed E-state index contributed by atoms with van der Waals surface area (Å²) < 4.78 is 19.3. The summed E-state index contributed by atoms with van der Waals surface area (Å²) in [7, 11) is 0. The first-order valence-corrected chi connectivity index (χ1v) is 9.35. The average Bonchev–Trinajstić information content (AvgIpc) is 3.17. The molecule has 3 heterocycles. The van der Waals surface area contributed by atoms with Gasteiger partial charge >= 0.3 is 0 Å². The van der Waals surface area contributed by atoms with Crippen LogP contribution in [-0.4, -0.2) is 38.8 Å². The Hall–Kier alpha value is -3.09. The number of piperidine rings is 1. The van der Waals surface area contributed by atoms with Gasteiger partial charge in [-0.25, -0.2) is 14.4 Å². The zero-order valence-electron chi connectivity index (χ0n) is 15.6. The molecule has 3 aromatic rings. The molecule has 0 bridgehead atoms. The van der Waals surface area contributed by atoms with E-state index in [1.54, 1.807) is 23.4 Å². The highest BCUT2D eigenvalue weighted by Crippen LogP contribution is 2.28. The lowest BCUT2D eigenvalue weighted by Gasteiger charge is -2.31. The van der Waals surface area contributed by atoms with E-state index in [-0.39, 0.29) is 17.6 Å². The van der Waals surface area contributed by atoms with Crippen LogP contribution >= 0.6 is 0 Å². The van der Waals surface area contributed by atoms with Crippen molar-refractivity contribution in [2.75, 3.05) is 13.1 Å². The van der Waals surface area contributed by atoms with Gasteiger partial charge in [-0.3, -0.25) is 9.78 Å². The molecule has 6 nitrogen and oxygen atoms in total. The van der Waals surface area contributed by atoms with Crippen molar-refractivity contribution in [1.29, 1.82) is 0 Å². The number of halogens is 1. The third kappa shape index (κ3) is 4.08. The van der Waals surface area contributed by atoms with E-state index in [1.165, 1.54) is 18.3 Å². The molecule has 1 aromatic carbocycles. The van der Waals surface area contributed by atoms with Gasteiger partial charge < -0.3 is 9.32 Å². The van der Waals surface area contributed by atoms with Gasteiger partial charge in [0, 0.05) is 25.7 Å². The van der Waals surface area contributed by atoms with Crippen LogP contribution in [0.25, 0.3) is 0 Å². The van der Waals surface area contributed by atoms with Crippen molar-refractivity contribution in [3.05, 3.63) is 77.3 Å². The number of benzene rings is 1. The third-order valence-electron chi connectivity index (χ3n) is 4.90. The summed E-state index contributed by atoms with van der Waals surface area (Å²) in [5.74, 6) is 0.964. The highest BCUT2D eigenvalue weighted by Gasteiger charge is 2.29. The van der Waals surface area contributed by atoms with Gasteiger partial charge in [0.2, 0.25) is 0 Å². The number of hydrogen-bond acceptors (Lipinski definition) is 5. The fourth-order valence-electron chi connectivity index (χ4n) is 3.47. The maximum absolute atomic E-state index is 13.4. The number of rotatable bonds is 4. The molecule has 1 aliphatic heterocycles. The number of aromatic nitrogens is 3. The van der Waals surface area contributed by atoms with E-state index in [2.05, 4.69) is 15.0 Å². The van der Waals surface area contributed by atoms with E-state index in [4.69, 9.17) is 4.42 Å². The molecule has 1 amide bonds. The summed E-state index contributed by atoms with van der Waals surface area (Å²) in [6, 6.07) is 6.45. The van der Waals surface area contributed by atoms with E-state index in [0.29, 0.717) is 36.9 Å². The highest BCUT2D eigenvalue weighted by atomic mass is 19.1. The zero-order valence-corrected chi connectivity index (χ0v) is 15.6. The number of likely N-dealkylation sites (tertiary alicyclic amines) is 1. The maximum Gasteiger partial charge on any atom is 0.274 e. The molecule has 0 unspecified atom stereocenters. The van der Waals surface area contributed by atoms with Crippen LogP contribution in [0, 0.1) is 12.7 Å². The number of aryl methyl sites for hydroxylation is 1.